The molecule has 2 aromatic carbocycles. The van der Waals surface area contributed by atoms with Crippen molar-refractivity contribution in [2.75, 3.05) is 6.54 Å². The van der Waals surface area contributed by atoms with Crippen molar-refractivity contribution < 1.29 is 18.8 Å². The molecule has 0 saturated carbocycles. The minimum atomic E-state index is -0.827. The lowest BCUT2D eigenvalue weighted by Gasteiger charge is -2.20. The number of hydrogen-bond donors (Lipinski definition) is 2. The van der Waals surface area contributed by atoms with Gasteiger partial charge in [0.1, 0.15) is 11.9 Å². The van der Waals surface area contributed by atoms with Gasteiger partial charge in [-0.05, 0) is 29.7 Å². The van der Waals surface area contributed by atoms with Crippen LogP contribution in [0.4, 0.5) is 4.39 Å². The van der Waals surface area contributed by atoms with Crippen LogP contribution in [0.15, 0.2) is 59.8 Å². The summed E-state index contributed by atoms with van der Waals surface area (Å²) in [7, 11) is 0. The zero-order chi connectivity index (χ0) is 20.6. The lowest BCUT2D eigenvalue weighted by molar-refractivity contribution is -0.135. The maximum Gasteiger partial charge on any atom is 0.265 e. The van der Waals surface area contributed by atoms with E-state index in [-0.39, 0.29) is 18.1 Å². The Morgan fingerprint density at radius 3 is 2.59 bits per heavy atom. The molecule has 0 aliphatic carbocycles. The van der Waals surface area contributed by atoms with Crippen molar-refractivity contribution in [1.82, 2.24) is 10.6 Å². The first-order chi connectivity index (χ1) is 14.1. The number of amides is 2. The number of carbonyl (C=O) groups excluding carboxylic acids is 2. The van der Waals surface area contributed by atoms with Gasteiger partial charge in [-0.15, -0.1) is 0 Å². The van der Waals surface area contributed by atoms with Crippen molar-refractivity contribution in [3.63, 3.8) is 0 Å². The van der Waals surface area contributed by atoms with E-state index in [0.29, 0.717) is 24.2 Å². The van der Waals surface area contributed by atoms with Crippen LogP contribution in [0.3, 0.4) is 0 Å². The molecule has 0 fully saturated rings. The summed E-state index contributed by atoms with van der Waals surface area (Å²) in [5.74, 6) is -0.982. The van der Waals surface area contributed by atoms with Crippen LogP contribution >= 0.6 is 0 Å². The molecule has 2 atom stereocenters. The van der Waals surface area contributed by atoms with Crippen LogP contribution in [0.25, 0.3) is 0 Å². The molecular formula is C22H24FN3O3. The third kappa shape index (κ3) is 5.63. The maximum atomic E-state index is 13.1. The smallest absolute Gasteiger partial charge is 0.265 e. The second-order valence-corrected chi connectivity index (χ2v) is 6.88. The van der Waals surface area contributed by atoms with Crippen molar-refractivity contribution in [2.24, 2.45) is 5.16 Å². The molecule has 29 heavy (non-hydrogen) atoms. The van der Waals surface area contributed by atoms with Gasteiger partial charge < -0.3 is 15.5 Å². The first kappa shape index (κ1) is 20.5. The second kappa shape index (κ2) is 9.82. The zero-order valence-electron chi connectivity index (χ0n) is 16.2. The fraction of sp³-hybridized carbons (Fsp3) is 0.318. The molecule has 1 aliphatic rings. The predicted octanol–water partition coefficient (Wildman–Crippen LogP) is 2.57. The van der Waals surface area contributed by atoms with E-state index in [0.717, 1.165) is 12.0 Å². The minimum absolute atomic E-state index is 0.235. The highest BCUT2D eigenvalue weighted by molar-refractivity contribution is 6.04. The van der Waals surface area contributed by atoms with E-state index >= 15 is 0 Å². The molecule has 2 N–H and O–H groups in total. The van der Waals surface area contributed by atoms with Crippen LogP contribution in [-0.4, -0.2) is 36.2 Å². The number of benzene rings is 2. The van der Waals surface area contributed by atoms with Crippen molar-refractivity contribution >= 4 is 17.5 Å². The Bertz CT molecular complexity index is 869. The molecule has 2 aromatic rings. The molecule has 3 rings (SSSR count). The Balaban J connectivity index is 1.63. The van der Waals surface area contributed by atoms with Crippen LogP contribution in [-0.2, 0) is 20.8 Å². The van der Waals surface area contributed by atoms with Crippen molar-refractivity contribution in [1.29, 1.82) is 0 Å². The summed E-state index contributed by atoms with van der Waals surface area (Å²) >= 11 is 0. The topological polar surface area (TPSA) is 79.8 Å². The van der Waals surface area contributed by atoms with E-state index in [4.69, 9.17) is 4.84 Å². The molecule has 0 spiro atoms. The number of halogens is 1. The lowest BCUT2D eigenvalue weighted by Crippen LogP contribution is -2.51. The Morgan fingerprint density at radius 2 is 1.90 bits per heavy atom. The van der Waals surface area contributed by atoms with Gasteiger partial charge in [-0.3, -0.25) is 9.59 Å². The molecular weight excluding hydrogens is 373 g/mol. The van der Waals surface area contributed by atoms with Crippen LogP contribution < -0.4 is 10.6 Å². The van der Waals surface area contributed by atoms with Gasteiger partial charge in [-0.2, -0.15) is 0 Å². The Hall–Kier alpha value is -3.22. The normalized spacial score (nSPS) is 16.5. The number of rotatable bonds is 8. The van der Waals surface area contributed by atoms with Gasteiger partial charge in [0.25, 0.3) is 5.91 Å². The van der Waals surface area contributed by atoms with E-state index < -0.39 is 18.1 Å². The van der Waals surface area contributed by atoms with Gasteiger partial charge in [0, 0.05) is 19.4 Å². The number of hydrogen-bond acceptors (Lipinski definition) is 4. The van der Waals surface area contributed by atoms with Gasteiger partial charge in [-0.25, -0.2) is 4.39 Å². The Labute approximate surface area is 169 Å². The largest absolute Gasteiger partial charge is 0.382 e. The van der Waals surface area contributed by atoms with Crippen molar-refractivity contribution in [3.8, 4) is 0 Å². The van der Waals surface area contributed by atoms with Crippen LogP contribution in [0.1, 0.15) is 30.9 Å². The Morgan fingerprint density at radius 1 is 1.17 bits per heavy atom. The summed E-state index contributed by atoms with van der Waals surface area (Å²) in [6.45, 7) is 2.50. The molecule has 0 radical (unpaired) electrons. The van der Waals surface area contributed by atoms with E-state index in [1.54, 1.807) is 12.1 Å². The fourth-order valence-electron chi connectivity index (χ4n) is 3.03. The third-order valence-electron chi connectivity index (χ3n) is 4.60. The average Bonchev–Trinajstić information content (AvgIpc) is 3.23. The monoisotopic (exact) mass is 397 g/mol. The van der Waals surface area contributed by atoms with E-state index in [1.807, 2.05) is 37.3 Å². The van der Waals surface area contributed by atoms with Gasteiger partial charge >= 0.3 is 0 Å². The molecule has 152 valence electrons. The maximum absolute atomic E-state index is 13.1. The predicted molar refractivity (Wildman–Crippen MR) is 108 cm³/mol. The first-order valence-electron chi connectivity index (χ1n) is 9.67. The molecule has 1 aliphatic heterocycles. The van der Waals surface area contributed by atoms with Crippen molar-refractivity contribution in [3.05, 3.63) is 71.5 Å². The average molecular weight is 397 g/mol. The minimum Gasteiger partial charge on any atom is -0.382 e. The van der Waals surface area contributed by atoms with Crippen LogP contribution in [0.2, 0.25) is 0 Å². The number of nitrogens with one attached hydrogen (secondary N) is 2. The summed E-state index contributed by atoms with van der Waals surface area (Å²) in [4.78, 5) is 30.5. The quantitative estimate of drug-likeness (QED) is 0.719. The Kier molecular flexibility index (Phi) is 6.94. The van der Waals surface area contributed by atoms with Crippen LogP contribution in [0, 0.1) is 5.82 Å². The summed E-state index contributed by atoms with van der Waals surface area (Å²) in [5.41, 5.74) is 2.21. The zero-order valence-corrected chi connectivity index (χ0v) is 16.2. The molecule has 2 amide bonds. The van der Waals surface area contributed by atoms with E-state index in [1.165, 1.54) is 12.1 Å². The molecule has 0 aromatic heterocycles. The van der Waals surface area contributed by atoms with Gasteiger partial charge in [0.2, 0.25) is 12.0 Å². The molecule has 1 heterocycles. The third-order valence-corrected chi connectivity index (χ3v) is 4.60. The van der Waals surface area contributed by atoms with Gasteiger partial charge in [-0.1, -0.05) is 54.5 Å². The number of oxime groups is 1. The standard InChI is InChI=1S/C22H24FN3O3/c1-2-12-24-21(27)19(13-15-6-4-3-5-7-15)25-22(28)20-14-18(26-29-20)16-8-10-17(23)11-9-16/h3-11,19-20H,2,12-14H2,1H3,(H,24,27)(H,25,28). The highest BCUT2D eigenvalue weighted by Gasteiger charge is 2.32. The number of carbonyl (C=O) groups is 2. The fourth-order valence-corrected chi connectivity index (χ4v) is 3.03. The van der Waals surface area contributed by atoms with Gasteiger partial charge in [0.15, 0.2) is 0 Å². The molecule has 7 heteroatoms. The molecule has 6 nitrogen and oxygen atoms in total. The van der Waals surface area contributed by atoms with Gasteiger partial charge in [0.05, 0.1) is 5.71 Å². The molecule has 2 unspecified atom stereocenters. The summed E-state index contributed by atoms with van der Waals surface area (Å²) in [5, 5.41) is 9.57. The summed E-state index contributed by atoms with van der Waals surface area (Å²) in [6, 6.07) is 14.6. The summed E-state index contributed by atoms with van der Waals surface area (Å²) < 4.78 is 13.1. The molecule has 0 saturated heterocycles. The van der Waals surface area contributed by atoms with Crippen LogP contribution in [0.5, 0.6) is 0 Å². The lowest BCUT2D eigenvalue weighted by atomic mass is 10.0. The van der Waals surface area contributed by atoms with E-state index in [9.17, 15) is 14.0 Å². The highest BCUT2D eigenvalue weighted by Crippen LogP contribution is 2.17. The summed E-state index contributed by atoms with van der Waals surface area (Å²) in [6.07, 6.45) is 0.609. The number of nitrogens with zero attached hydrogens (tertiary/aromatic N) is 1. The first-order valence-corrected chi connectivity index (χ1v) is 9.67. The second-order valence-electron chi connectivity index (χ2n) is 6.88. The SMILES string of the molecule is CCCNC(=O)C(Cc1ccccc1)NC(=O)C1CC(c2ccc(F)cc2)=NO1. The van der Waals surface area contributed by atoms with E-state index in [2.05, 4.69) is 15.8 Å². The van der Waals surface area contributed by atoms with Crippen molar-refractivity contribution in [2.45, 2.75) is 38.3 Å². The molecule has 0 bridgehead atoms. The highest BCUT2D eigenvalue weighted by atomic mass is 19.1.